The third-order valence-electron chi connectivity index (χ3n) is 7.52. The third kappa shape index (κ3) is 9.02. The van der Waals surface area contributed by atoms with Gasteiger partial charge in [0.15, 0.2) is 0 Å². The van der Waals surface area contributed by atoms with Gasteiger partial charge in [-0.05, 0) is 79.9 Å². The van der Waals surface area contributed by atoms with Gasteiger partial charge in [-0.25, -0.2) is 12.8 Å². The quantitative estimate of drug-likeness (QED) is 0.170. The maximum Gasteiger partial charge on any atom is 0.264 e. The van der Waals surface area contributed by atoms with Crippen LogP contribution in [-0.2, 0) is 32.6 Å². The van der Waals surface area contributed by atoms with E-state index in [4.69, 9.17) is 0 Å². The van der Waals surface area contributed by atoms with Crippen molar-refractivity contribution in [3.63, 3.8) is 0 Å². The van der Waals surface area contributed by atoms with E-state index in [1.165, 1.54) is 17.0 Å². The van der Waals surface area contributed by atoms with Crippen molar-refractivity contribution in [2.45, 2.75) is 57.1 Å². The Balaban J connectivity index is 1.80. The number of sulfonamides is 1. The highest BCUT2D eigenvalue weighted by molar-refractivity contribution is 9.10. The molecule has 236 valence electrons. The lowest BCUT2D eigenvalue weighted by Crippen LogP contribution is -2.54. The summed E-state index contributed by atoms with van der Waals surface area (Å²) in [4.78, 5) is 29.6. The monoisotopic (exact) mass is 693 g/mol. The van der Waals surface area contributed by atoms with Gasteiger partial charge >= 0.3 is 0 Å². The Morgan fingerprint density at radius 3 is 2.16 bits per heavy atom. The molecule has 0 radical (unpaired) electrons. The number of aryl methyl sites for hydroxylation is 1. The molecule has 0 unspecified atom stereocenters. The minimum atomic E-state index is -4.31. The van der Waals surface area contributed by atoms with Crippen LogP contribution in [0.15, 0.2) is 112 Å². The summed E-state index contributed by atoms with van der Waals surface area (Å²) >= 11 is 3.49. The Labute approximate surface area is 273 Å². The van der Waals surface area contributed by atoms with Crippen LogP contribution < -0.4 is 9.62 Å². The first-order valence-corrected chi connectivity index (χ1v) is 16.9. The number of nitrogens with zero attached hydrogens (tertiary/aromatic N) is 2. The molecule has 0 aromatic heterocycles. The highest BCUT2D eigenvalue weighted by Crippen LogP contribution is 2.26. The van der Waals surface area contributed by atoms with Crippen molar-refractivity contribution in [1.82, 2.24) is 10.2 Å². The molecule has 0 aliphatic heterocycles. The van der Waals surface area contributed by atoms with Crippen molar-refractivity contribution in [1.29, 1.82) is 0 Å². The summed E-state index contributed by atoms with van der Waals surface area (Å²) in [5.41, 5.74) is 2.79. The van der Waals surface area contributed by atoms with Gasteiger partial charge in [0.2, 0.25) is 11.8 Å². The number of carbonyl (C=O) groups excluding carboxylic acids is 2. The van der Waals surface area contributed by atoms with Gasteiger partial charge < -0.3 is 10.2 Å². The van der Waals surface area contributed by atoms with Gasteiger partial charge in [-0.3, -0.25) is 13.9 Å². The standard InChI is InChI=1S/C35H37BrFN3O4S/c1-4-26(3)38-35(42)33(22-27-9-6-5-7-10-27)39(23-28-11-8-12-29(36)21-28)34(41)24-40(31-17-13-25(2)14-18-31)45(43,44)32-19-15-30(37)16-20-32/h5-21,26,33H,4,22-24H2,1-3H3,(H,38,42)/t26-,33+/m1/s1. The molecule has 0 saturated heterocycles. The van der Waals surface area contributed by atoms with Crippen LogP contribution in [0.2, 0.25) is 0 Å². The molecule has 0 saturated carbocycles. The first kappa shape index (κ1) is 33.9. The van der Waals surface area contributed by atoms with Crippen LogP contribution in [0.3, 0.4) is 0 Å². The minimum absolute atomic E-state index is 0.0576. The highest BCUT2D eigenvalue weighted by Gasteiger charge is 2.35. The second kappa shape index (κ2) is 15.3. The van der Waals surface area contributed by atoms with Crippen molar-refractivity contribution in [2.24, 2.45) is 0 Å². The lowest BCUT2D eigenvalue weighted by molar-refractivity contribution is -0.140. The number of benzene rings is 4. The van der Waals surface area contributed by atoms with E-state index in [9.17, 15) is 22.4 Å². The molecule has 4 rings (SSSR count). The molecule has 0 spiro atoms. The molecule has 0 bridgehead atoms. The summed E-state index contributed by atoms with van der Waals surface area (Å²) in [7, 11) is -4.31. The molecule has 1 N–H and O–H groups in total. The Morgan fingerprint density at radius 1 is 0.889 bits per heavy atom. The third-order valence-corrected chi connectivity index (χ3v) is 9.80. The fraction of sp³-hybridized carbons (Fsp3) is 0.257. The van der Waals surface area contributed by atoms with E-state index in [0.717, 1.165) is 37.6 Å². The number of rotatable bonds is 13. The van der Waals surface area contributed by atoms with Crippen LogP contribution in [0.4, 0.5) is 10.1 Å². The zero-order chi connectivity index (χ0) is 32.6. The second-order valence-electron chi connectivity index (χ2n) is 11.0. The van der Waals surface area contributed by atoms with Crippen LogP contribution in [0.1, 0.15) is 37.0 Å². The van der Waals surface area contributed by atoms with Gasteiger partial charge in [0.05, 0.1) is 10.6 Å². The lowest BCUT2D eigenvalue weighted by Gasteiger charge is -2.34. The van der Waals surface area contributed by atoms with Gasteiger partial charge in [0.25, 0.3) is 10.0 Å². The fourth-order valence-corrected chi connectivity index (χ4v) is 6.66. The maximum atomic E-state index is 14.5. The predicted octanol–water partition coefficient (Wildman–Crippen LogP) is 6.65. The molecule has 0 heterocycles. The molecule has 7 nitrogen and oxygen atoms in total. The molecule has 10 heteroatoms. The van der Waals surface area contributed by atoms with Gasteiger partial charge in [0, 0.05) is 23.5 Å². The van der Waals surface area contributed by atoms with E-state index >= 15 is 0 Å². The molecule has 4 aromatic carbocycles. The van der Waals surface area contributed by atoms with E-state index in [1.54, 1.807) is 24.3 Å². The Hall–Kier alpha value is -4.02. The molecule has 4 aromatic rings. The molecular weight excluding hydrogens is 657 g/mol. The molecule has 0 aliphatic rings. The summed E-state index contributed by atoms with van der Waals surface area (Å²) in [5.74, 6) is -1.48. The van der Waals surface area contributed by atoms with Crippen molar-refractivity contribution in [3.8, 4) is 0 Å². The largest absolute Gasteiger partial charge is 0.352 e. The van der Waals surface area contributed by atoms with Gasteiger partial charge in [-0.1, -0.05) is 83.0 Å². The van der Waals surface area contributed by atoms with Gasteiger partial charge in [-0.2, -0.15) is 0 Å². The number of halogens is 2. The van der Waals surface area contributed by atoms with Crippen LogP contribution in [0.5, 0.6) is 0 Å². The maximum absolute atomic E-state index is 14.5. The van der Waals surface area contributed by atoms with E-state index in [-0.39, 0.29) is 35.5 Å². The minimum Gasteiger partial charge on any atom is -0.352 e. The van der Waals surface area contributed by atoms with E-state index in [1.807, 2.05) is 75.4 Å². The summed E-state index contributed by atoms with van der Waals surface area (Å²) in [6.07, 6.45) is 0.915. The summed E-state index contributed by atoms with van der Waals surface area (Å²) in [5, 5.41) is 3.03. The SMILES string of the molecule is CC[C@@H](C)NC(=O)[C@H](Cc1ccccc1)N(Cc1cccc(Br)c1)C(=O)CN(c1ccc(C)cc1)S(=O)(=O)c1ccc(F)cc1. The molecular formula is C35H37BrFN3O4S. The molecule has 0 fully saturated rings. The zero-order valence-electron chi connectivity index (χ0n) is 25.5. The number of amides is 2. The number of hydrogen-bond acceptors (Lipinski definition) is 4. The van der Waals surface area contributed by atoms with Crippen LogP contribution in [-0.4, -0.2) is 43.8 Å². The number of anilines is 1. The smallest absolute Gasteiger partial charge is 0.264 e. The number of hydrogen-bond donors (Lipinski definition) is 1. The summed E-state index contributed by atoms with van der Waals surface area (Å²) in [6, 6.07) is 27.0. The average Bonchev–Trinajstić information content (AvgIpc) is 3.02. The van der Waals surface area contributed by atoms with Crippen molar-refractivity contribution >= 4 is 43.5 Å². The molecule has 45 heavy (non-hydrogen) atoms. The Morgan fingerprint density at radius 2 is 1.53 bits per heavy atom. The lowest BCUT2D eigenvalue weighted by atomic mass is 10.0. The zero-order valence-corrected chi connectivity index (χ0v) is 27.9. The number of nitrogens with one attached hydrogen (secondary N) is 1. The highest BCUT2D eigenvalue weighted by atomic mass is 79.9. The van der Waals surface area contributed by atoms with Crippen LogP contribution >= 0.6 is 15.9 Å². The average molecular weight is 695 g/mol. The van der Waals surface area contributed by atoms with Crippen LogP contribution in [0, 0.1) is 12.7 Å². The summed E-state index contributed by atoms with van der Waals surface area (Å²) in [6.45, 7) is 5.20. The molecule has 2 atom stereocenters. The predicted molar refractivity (Wildman–Crippen MR) is 179 cm³/mol. The number of carbonyl (C=O) groups is 2. The van der Waals surface area contributed by atoms with Crippen molar-refractivity contribution in [2.75, 3.05) is 10.8 Å². The molecule has 2 amide bonds. The van der Waals surface area contributed by atoms with Crippen LogP contribution in [0.25, 0.3) is 0 Å². The van der Waals surface area contributed by atoms with Crippen molar-refractivity contribution in [3.05, 3.63) is 130 Å². The Kier molecular flexibility index (Phi) is 11.5. The van der Waals surface area contributed by atoms with Gasteiger partial charge in [-0.15, -0.1) is 0 Å². The Bertz CT molecular complexity index is 1700. The van der Waals surface area contributed by atoms with Gasteiger partial charge in [0.1, 0.15) is 18.4 Å². The first-order chi connectivity index (χ1) is 21.5. The first-order valence-electron chi connectivity index (χ1n) is 14.7. The van der Waals surface area contributed by atoms with E-state index < -0.39 is 34.3 Å². The fourth-order valence-electron chi connectivity index (χ4n) is 4.80. The second-order valence-corrected chi connectivity index (χ2v) is 13.8. The normalized spacial score (nSPS) is 12.6. The van der Waals surface area contributed by atoms with Crippen molar-refractivity contribution < 1.29 is 22.4 Å². The summed E-state index contributed by atoms with van der Waals surface area (Å²) < 4.78 is 43.6. The topological polar surface area (TPSA) is 86.8 Å². The molecule has 0 aliphatic carbocycles. The van der Waals surface area contributed by atoms with E-state index in [2.05, 4.69) is 21.2 Å². The van der Waals surface area contributed by atoms with E-state index in [0.29, 0.717) is 6.42 Å².